The molecule has 0 aromatic carbocycles. The van der Waals surface area contributed by atoms with Crippen LogP contribution in [0.2, 0.25) is 0 Å². The van der Waals surface area contributed by atoms with Crippen molar-refractivity contribution in [3.05, 3.63) is 0 Å². The van der Waals surface area contributed by atoms with Crippen molar-refractivity contribution >= 4 is 11.8 Å². The highest BCUT2D eigenvalue weighted by Crippen LogP contribution is 2.27. The third kappa shape index (κ3) is 3.83. The topological polar surface area (TPSA) is 58.2 Å². The molecule has 1 unspecified atom stereocenters. The molecule has 92 valence electrons. The highest BCUT2D eigenvalue weighted by molar-refractivity contribution is 5.87. The van der Waals surface area contributed by atoms with E-state index >= 15 is 0 Å². The van der Waals surface area contributed by atoms with Crippen LogP contribution in [-0.2, 0) is 9.59 Å². The van der Waals surface area contributed by atoms with Crippen LogP contribution in [0.15, 0.2) is 0 Å². The van der Waals surface area contributed by atoms with Crippen molar-refractivity contribution in [2.45, 2.75) is 52.0 Å². The average Bonchev–Trinajstić information content (AvgIpc) is 2.75. The zero-order valence-electron chi connectivity index (χ0n) is 10.2. The van der Waals surface area contributed by atoms with E-state index in [1.807, 2.05) is 6.92 Å². The van der Waals surface area contributed by atoms with Gasteiger partial charge in [0.25, 0.3) is 0 Å². The highest BCUT2D eigenvalue weighted by atomic mass is 16.2. The minimum absolute atomic E-state index is 0.0241. The molecule has 0 radical (unpaired) electrons. The first-order valence-electron chi connectivity index (χ1n) is 6.20. The molecular formula is C12H22N2O2. The summed E-state index contributed by atoms with van der Waals surface area (Å²) in [6.07, 6.45) is 5.35. The van der Waals surface area contributed by atoms with E-state index < -0.39 is 0 Å². The first-order chi connectivity index (χ1) is 7.65. The third-order valence-electron chi connectivity index (χ3n) is 3.06. The van der Waals surface area contributed by atoms with Gasteiger partial charge in [-0.15, -0.1) is 0 Å². The molecule has 1 atom stereocenters. The molecule has 2 amide bonds. The van der Waals surface area contributed by atoms with Crippen molar-refractivity contribution in [3.8, 4) is 0 Å². The molecule has 0 spiro atoms. The van der Waals surface area contributed by atoms with E-state index in [2.05, 4.69) is 10.6 Å². The Kier molecular flexibility index (Phi) is 5.29. The Hall–Kier alpha value is -1.06. The van der Waals surface area contributed by atoms with Crippen LogP contribution in [0.1, 0.15) is 46.0 Å². The zero-order chi connectivity index (χ0) is 12.0. The first kappa shape index (κ1) is 13.0. The van der Waals surface area contributed by atoms with Crippen LogP contribution in [0.3, 0.4) is 0 Å². The molecule has 0 bridgehead atoms. The molecule has 0 aliphatic heterocycles. The van der Waals surface area contributed by atoms with Gasteiger partial charge in [-0.2, -0.15) is 0 Å². The van der Waals surface area contributed by atoms with Gasteiger partial charge in [0.1, 0.15) is 6.04 Å². The predicted octanol–water partition coefficient (Wildman–Crippen LogP) is 1.21. The van der Waals surface area contributed by atoms with Crippen molar-refractivity contribution in [2.75, 3.05) is 6.54 Å². The summed E-state index contributed by atoms with van der Waals surface area (Å²) in [6, 6.07) is -0.327. The Balaban J connectivity index is 2.54. The number of hydrogen-bond donors (Lipinski definition) is 2. The molecule has 2 N–H and O–H groups in total. The number of carbonyl (C=O) groups is 2. The summed E-state index contributed by atoms with van der Waals surface area (Å²) in [7, 11) is 0. The van der Waals surface area contributed by atoms with Crippen molar-refractivity contribution in [1.29, 1.82) is 0 Å². The van der Waals surface area contributed by atoms with Gasteiger partial charge in [-0.05, 0) is 25.2 Å². The summed E-state index contributed by atoms with van der Waals surface area (Å²) in [6.45, 7) is 4.17. The van der Waals surface area contributed by atoms with E-state index in [0.717, 1.165) is 19.3 Å². The van der Waals surface area contributed by atoms with E-state index in [1.54, 1.807) is 0 Å². The Morgan fingerprint density at radius 2 is 1.94 bits per heavy atom. The normalized spacial score (nSPS) is 18.1. The van der Waals surface area contributed by atoms with E-state index in [9.17, 15) is 9.59 Å². The number of rotatable bonds is 5. The van der Waals surface area contributed by atoms with Gasteiger partial charge in [-0.3, -0.25) is 9.59 Å². The molecule has 1 aliphatic rings. The van der Waals surface area contributed by atoms with E-state index in [0.29, 0.717) is 12.5 Å². The lowest BCUT2D eigenvalue weighted by molar-refractivity contribution is -0.129. The molecule has 1 rings (SSSR count). The average molecular weight is 226 g/mol. The van der Waals surface area contributed by atoms with Crippen LogP contribution in [0, 0.1) is 5.92 Å². The van der Waals surface area contributed by atoms with Crippen LogP contribution < -0.4 is 10.6 Å². The second-order valence-electron chi connectivity index (χ2n) is 4.51. The molecule has 0 aromatic heterocycles. The van der Waals surface area contributed by atoms with Gasteiger partial charge < -0.3 is 10.6 Å². The lowest BCUT2D eigenvalue weighted by atomic mass is 9.97. The molecule has 0 heterocycles. The molecule has 4 heteroatoms. The van der Waals surface area contributed by atoms with Crippen LogP contribution >= 0.6 is 0 Å². The summed E-state index contributed by atoms with van der Waals surface area (Å²) in [4.78, 5) is 23.0. The Morgan fingerprint density at radius 1 is 1.31 bits per heavy atom. The Bertz CT molecular complexity index is 247. The van der Waals surface area contributed by atoms with E-state index in [-0.39, 0.29) is 17.9 Å². The van der Waals surface area contributed by atoms with Crippen LogP contribution in [0.4, 0.5) is 0 Å². The standard InChI is InChI=1S/C12H22N2O2/c1-3-8-13-12(16)11(14-9(2)15)10-6-4-5-7-10/h10-11H,3-8H2,1-2H3,(H,13,16)(H,14,15). The molecule has 16 heavy (non-hydrogen) atoms. The van der Waals surface area contributed by atoms with Gasteiger partial charge in [-0.25, -0.2) is 0 Å². The summed E-state index contributed by atoms with van der Waals surface area (Å²) in [5, 5.41) is 5.64. The lowest BCUT2D eigenvalue weighted by Gasteiger charge is -2.23. The lowest BCUT2D eigenvalue weighted by Crippen LogP contribution is -2.50. The smallest absolute Gasteiger partial charge is 0.242 e. The quantitative estimate of drug-likeness (QED) is 0.740. The van der Waals surface area contributed by atoms with E-state index in [1.165, 1.54) is 19.8 Å². The van der Waals surface area contributed by atoms with Gasteiger partial charge in [0, 0.05) is 13.5 Å². The summed E-state index contributed by atoms with van der Waals surface area (Å²) in [5.41, 5.74) is 0. The van der Waals surface area contributed by atoms with Gasteiger partial charge in [0.15, 0.2) is 0 Å². The number of amides is 2. The fourth-order valence-electron chi connectivity index (χ4n) is 2.27. The van der Waals surface area contributed by atoms with Gasteiger partial charge in [0.2, 0.25) is 11.8 Å². The number of nitrogens with one attached hydrogen (secondary N) is 2. The Labute approximate surface area is 97.2 Å². The van der Waals surface area contributed by atoms with Crippen molar-refractivity contribution < 1.29 is 9.59 Å². The maximum Gasteiger partial charge on any atom is 0.242 e. The molecule has 0 aromatic rings. The van der Waals surface area contributed by atoms with Gasteiger partial charge >= 0.3 is 0 Å². The first-order valence-corrected chi connectivity index (χ1v) is 6.20. The Morgan fingerprint density at radius 3 is 2.44 bits per heavy atom. The predicted molar refractivity (Wildman–Crippen MR) is 62.9 cm³/mol. The number of hydrogen-bond acceptors (Lipinski definition) is 2. The largest absolute Gasteiger partial charge is 0.354 e. The molecular weight excluding hydrogens is 204 g/mol. The second kappa shape index (κ2) is 6.51. The number of carbonyl (C=O) groups excluding carboxylic acids is 2. The maximum atomic E-state index is 11.9. The summed E-state index contributed by atoms with van der Waals surface area (Å²) >= 11 is 0. The highest BCUT2D eigenvalue weighted by Gasteiger charge is 2.30. The van der Waals surface area contributed by atoms with Crippen molar-refractivity contribution in [1.82, 2.24) is 10.6 Å². The van der Waals surface area contributed by atoms with Crippen LogP contribution in [-0.4, -0.2) is 24.4 Å². The molecule has 1 saturated carbocycles. The molecule has 0 saturated heterocycles. The van der Waals surface area contributed by atoms with Gasteiger partial charge in [0.05, 0.1) is 0 Å². The molecule has 1 fully saturated rings. The third-order valence-corrected chi connectivity index (χ3v) is 3.06. The van der Waals surface area contributed by atoms with Gasteiger partial charge in [-0.1, -0.05) is 19.8 Å². The fraction of sp³-hybridized carbons (Fsp3) is 0.833. The SMILES string of the molecule is CCCNC(=O)C(NC(C)=O)C1CCCC1. The summed E-state index contributed by atoms with van der Waals surface area (Å²) < 4.78 is 0. The second-order valence-corrected chi connectivity index (χ2v) is 4.51. The van der Waals surface area contributed by atoms with Crippen molar-refractivity contribution in [2.24, 2.45) is 5.92 Å². The summed E-state index contributed by atoms with van der Waals surface area (Å²) in [5.74, 6) is 0.174. The zero-order valence-corrected chi connectivity index (χ0v) is 10.2. The van der Waals surface area contributed by atoms with Crippen molar-refractivity contribution in [3.63, 3.8) is 0 Å². The van der Waals surface area contributed by atoms with E-state index in [4.69, 9.17) is 0 Å². The van der Waals surface area contributed by atoms with Crippen LogP contribution in [0.25, 0.3) is 0 Å². The minimum atomic E-state index is -0.327. The van der Waals surface area contributed by atoms with Crippen LogP contribution in [0.5, 0.6) is 0 Å². The molecule has 4 nitrogen and oxygen atoms in total. The molecule has 1 aliphatic carbocycles. The monoisotopic (exact) mass is 226 g/mol. The maximum absolute atomic E-state index is 11.9. The fourth-order valence-corrected chi connectivity index (χ4v) is 2.27. The minimum Gasteiger partial charge on any atom is -0.354 e.